The van der Waals surface area contributed by atoms with Crippen molar-refractivity contribution in [1.29, 1.82) is 0 Å². The Bertz CT molecular complexity index is 620. The van der Waals surface area contributed by atoms with E-state index in [1.165, 1.54) is 6.20 Å². The van der Waals surface area contributed by atoms with Crippen LogP contribution < -0.4 is 0 Å². The Hall–Kier alpha value is -0.970. The van der Waals surface area contributed by atoms with Crippen LogP contribution in [0.25, 0.3) is 0 Å². The van der Waals surface area contributed by atoms with E-state index >= 15 is 0 Å². The summed E-state index contributed by atoms with van der Waals surface area (Å²) in [7, 11) is 1.56. The fourth-order valence-electron chi connectivity index (χ4n) is 1.59. The Morgan fingerprint density at radius 3 is 2.41 bits per heavy atom. The van der Waals surface area contributed by atoms with E-state index in [1.54, 1.807) is 0 Å². The number of aromatic amines is 1. The molecule has 0 aliphatic carbocycles. The first kappa shape index (κ1) is 12.5. The predicted molar refractivity (Wildman–Crippen MR) is 68.1 cm³/mol. The van der Waals surface area contributed by atoms with Crippen LogP contribution in [0.15, 0.2) is 41.4 Å². The first-order chi connectivity index (χ1) is 7.98. The van der Waals surface area contributed by atoms with Gasteiger partial charge >= 0.3 is 0 Å². The number of H-pyrrole nitrogens is 1. The zero-order chi connectivity index (χ0) is 12.5. The van der Waals surface area contributed by atoms with E-state index in [-0.39, 0.29) is 4.90 Å². The molecule has 0 radical (unpaired) electrons. The lowest BCUT2D eigenvalue weighted by molar-refractivity contribution is 0.609. The second-order valence-electron chi connectivity index (χ2n) is 3.55. The third-order valence-corrected chi connectivity index (χ3v) is 4.10. The number of benzene rings is 1. The molecular weight excluding hydrogens is 281 g/mol. The van der Waals surface area contributed by atoms with Crippen molar-refractivity contribution in [3.8, 4) is 0 Å². The molecule has 1 aromatic carbocycles. The second kappa shape index (κ2) is 4.72. The van der Waals surface area contributed by atoms with Crippen LogP contribution in [-0.2, 0) is 15.5 Å². The van der Waals surface area contributed by atoms with Crippen LogP contribution in [0.2, 0.25) is 5.15 Å². The number of nitrogens with one attached hydrogen (secondary N) is 1. The molecule has 0 spiro atoms. The summed E-state index contributed by atoms with van der Waals surface area (Å²) in [5.74, 6) is 0. The van der Waals surface area contributed by atoms with Crippen LogP contribution in [-0.4, -0.2) is 13.4 Å². The van der Waals surface area contributed by atoms with E-state index in [9.17, 15) is 8.42 Å². The maximum atomic E-state index is 11.3. The van der Waals surface area contributed by atoms with Crippen molar-refractivity contribution >= 4 is 31.3 Å². The lowest BCUT2D eigenvalue weighted by Crippen LogP contribution is -1.96. The van der Waals surface area contributed by atoms with E-state index in [0.29, 0.717) is 17.1 Å². The van der Waals surface area contributed by atoms with Gasteiger partial charge in [-0.2, -0.15) is 0 Å². The average Bonchev–Trinajstić information content (AvgIpc) is 2.62. The van der Waals surface area contributed by atoms with Gasteiger partial charge in [0, 0.05) is 28.9 Å². The van der Waals surface area contributed by atoms with Gasteiger partial charge in [-0.3, -0.25) is 0 Å². The van der Waals surface area contributed by atoms with E-state index < -0.39 is 9.05 Å². The molecule has 0 fully saturated rings. The minimum atomic E-state index is -3.78. The fraction of sp³-hybridized carbons (Fsp3) is 0.0909. The Morgan fingerprint density at radius 2 is 1.82 bits per heavy atom. The van der Waals surface area contributed by atoms with Gasteiger partial charge in [0.2, 0.25) is 0 Å². The minimum Gasteiger partial charge on any atom is -0.351 e. The summed E-state index contributed by atoms with van der Waals surface area (Å²) in [4.78, 5) is 2.70. The molecule has 2 aromatic rings. The number of rotatable bonds is 3. The number of hydrogen-bond acceptors (Lipinski definition) is 2. The van der Waals surface area contributed by atoms with Crippen molar-refractivity contribution in [2.45, 2.75) is 11.3 Å². The third kappa shape index (κ3) is 2.83. The second-order valence-corrected chi connectivity index (χ2v) is 6.46. The maximum Gasteiger partial charge on any atom is 0.263 e. The monoisotopic (exact) mass is 289 g/mol. The van der Waals surface area contributed by atoms with E-state index in [1.807, 2.05) is 30.3 Å². The van der Waals surface area contributed by atoms with Crippen molar-refractivity contribution < 1.29 is 8.42 Å². The molecule has 0 aliphatic rings. The van der Waals surface area contributed by atoms with Crippen LogP contribution in [0.3, 0.4) is 0 Å². The van der Waals surface area contributed by atoms with Gasteiger partial charge in [0.25, 0.3) is 9.05 Å². The number of halogens is 2. The van der Waals surface area contributed by atoms with Gasteiger partial charge in [-0.1, -0.05) is 41.9 Å². The van der Waals surface area contributed by atoms with Crippen molar-refractivity contribution in [1.82, 2.24) is 4.98 Å². The fourth-order valence-corrected chi connectivity index (χ4v) is 2.95. The summed E-state index contributed by atoms with van der Waals surface area (Å²) >= 11 is 5.92. The summed E-state index contributed by atoms with van der Waals surface area (Å²) < 4.78 is 22.7. The molecule has 0 atom stereocenters. The summed E-state index contributed by atoms with van der Waals surface area (Å²) in [6, 6.07) is 9.44. The summed E-state index contributed by atoms with van der Waals surface area (Å²) in [6.07, 6.45) is 1.73. The van der Waals surface area contributed by atoms with E-state index in [2.05, 4.69) is 4.98 Å². The van der Waals surface area contributed by atoms with Crippen molar-refractivity contribution in [2.75, 3.05) is 0 Å². The molecule has 0 unspecified atom stereocenters. The lowest BCUT2D eigenvalue weighted by atomic mass is 10.1. The van der Waals surface area contributed by atoms with Gasteiger partial charge in [-0.25, -0.2) is 8.42 Å². The third-order valence-electron chi connectivity index (χ3n) is 2.38. The zero-order valence-corrected chi connectivity index (χ0v) is 11.0. The Morgan fingerprint density at radius 1 is 1.18 bits per heavy atom. The lowest BCUT2D eigenvalue weighted by Gasteiger charge is -2.02. The Kier molecular flexibility index (Phi) is 3.47. The van der Waals surface area contributed by atoms with Crippen molar-refractivity contribution in [3.05, 3.63) is 52.8 Å². The Labute approximate surface area is 109 Å². The van der Waals surface area contributed by atoms with Crippen LogP contribution in [0.5, 0.6) is 0 Å². The largest absolute Gasteiger partial charge is 0.351 e. The molecule has 0 bridgehead atoms. The quantitative estimate of drug-likeness (QED) is 0.883. The molecule has 1 N–H and O–H groups in total. The summed E-state index contributed by atoms with van der Waals surface area (Å²) in [5.41, 5.74) is 1.46. The van der Waals surface area contributed by atoms with Crippen molar-refractivity contribution in [3.63, 3.8) is 0 Å². The highest BCUT2D eigenvalue weighted by Gasteiger charge is 2.20. The van der Waals surface area contributed by atoms with E-state index in [0.717, 1.165) is 5.56 Å². The summed E-state index contributed by atoms with van der Waals surface area (Å²) in [5, 5.41) is 0.299. The first-order valence-electron chi connectivity index (χ1n) is 4.83. The molecule has 0 amide bonds. The maximum absolute atomic E-state index is 11.3. The summed E-state index contributed by atoms with van der Waals surface area (Å²) in [6.45, 7) is 0. The van der Waals surface area contributed by atoms with E-state index in [4.69, 9.17) is 22.3 Å². The molecule has 90 valence electrons. The smallest absolute Gasteiger partial charge is 0.263 e. The topological polar surface area (TPSA) is 49.9 Å². The van der Waals surface area contributed by atoms with Crippen molar-refractivity contribution in [2.24, 2.45) is 0 Å². The molecule has 0 aliphatic heterocycles. The van der Waals surface area contributed by atoms with Gasteiger partial charge in [-0.15, -0.1) is 0 Å². The number of aromatic nitrogens is 1. The highest BCUT2D eigenvalue weighted by atomic mass is 35.7. The number of hydrogen-bond donors (Lipinski definition) is 1. The first-order valence-corrected chi connectivity index (χ1v) is 7.51. The Balaban J connectivity index is 2.43. The molecule has 17 heavy (non-hydrogen) atoms. The molecule has 6 heteroatoms. The van der Waals surface area contributed by atoms with Gasteiger partial charge in [0.15, 0.2) is 0 Å². The molecule has 0 saturated carbocycles. The van der Waals surface area contributed by atoms with Crippen LogP contribution >= 0.6 is 22.3 Å². The average molecular weight is 290 g/mol. The highest BCUT2D eigenvalue weighted by molar-refractivity contribution is 8.13. The SMILES string of the molecule is O=S(=O)(Cl)c1c[nH]c(Cl)c1Cc1ccccc1. The molecule has 1 aromatic heterocycles. The minimum absolute atomic E-state index is 0.0352. The molecule has 2 rings (SSSR count). The molecular formula is C11H9Cl2NO2S. The van der Waals surface area contributed by atoms with Crippen LogP contribution in [0.4, 0.5) is 0 Å². The standard InChI is InChI=1S/C11H9Cl2NO2S/c12-11-9(6-8-4-2-1-3-5-8)10(7-14-11)17(13,15)16/h1-5,7,14H,6H2. The van der Waals surface area contributed by atoms with Gasteiger partial charge in [0.05, 0.1) is 0 Å². The van der Waals surface area contributed by atoms with Crippen LogP contribution in [0, 0.1) is 0 Å². The zero-order valence-electron chi connectivity index (χ0n) is 8.65. The molecule has 0 saturated heterocycles. The molecule has 3 nitrogen and oxygen atoms in total. The normalized spacial score (nSPS) is 11.6. The van der Waals surface area contributed by atoms with Crippen LogP contribution in [0.1, 0.15) is 11.1 Å². The van der Waals surface area contributed by atoms with Gasteiger partial charge in [0.1, 0.15) is 10.0 Å². The van der Waals surface area contributed by atoms with Gasteiger partial charge < -0.3 is 4.98 Å². The highest BCUT2D eigenvalue weighted by Crippen LogP contribution is 2.28. The molecule has 1 heterocycles. The van der Waals surface area contributed by atoms with Gasteiger partial charge in [-0.05, 0) is 5.56 Å². The predicted octanol–water partition coefficient (Wildman–Crippen LogP) is 3.19.